The quantitative estimate of drug-likeness (QED) is 0.927. The molecule has 22 heavy (non-hydrogen) atoms. The molecule has 1 aromatic carbocycles. The lowest BCUT2D eigenvalue weighted by Crippen LogP contribution is -2.54. The summed E-state index contributed by atoms with van der Waals surface area (Å²) in [5, 5.41) is 2.74. The Balaban J connectivity index is 1.78. The molecular weight excluding hydrogens is 294 g/mol. The van der Waals surface area contributed by atoms with E-state index in [2.05, 4.69) is 18.8 Å². The summed E-state index contributed by atoms with van der Waals surface area (Å²) in [6.45, 7) is 5.63. The summed E-state index contributed by atoms with van der Waals surface area (Å²) < 4.78 is 0. The molecule has 1 aliphatic rings. The van der Waals surface area contributed by atoms with Crippen molar-refractivity contribution in [1.82, 2.24) is 9.88 Å². The molecule has 0 bridgehead atoms. The first-order chi connectivity index (χ1) is 10.5. The van der Waals surface area contributed by atoms with Gasteiger partial charge in [0.1, 0.15) is 10.7 Å². The van der Waals surface area contributed by atoms with Gasteiger partial charge in [0.25, 0.3) is 5.91 Å². The molecule has 1 atom stereocenters. The third-order valence-corrected chi connectivity index (χ3v) is 5.23. The number of hydrogen-bond acceptors (Lipinski definition) is 4. The van der Waals surface area contributed by atoms with Gasteiger partial charge < -0.3 is 10.6 Å². The molecule has 2 aromatic rings. The normalized spacial score (nSPS) is 20.9. The summed E-state index contributed by atoms with van der Waals surface area (Å²) in [7, 11) is 0. The van der Waals surface area contributed by atoms with Crippen molar-refractivity contribution in [2.75, 3.05) is 13.1 Å². The summed E-state index contributed by atoms with van der Waals surface area (Å²) in [5.74, 6) is 0.0124. The third-order valence-electron chi connectivity index (χ3n) is 4.34. The van der Waals surface area contributed by atoms with Crippen LogP contribution in [0.15, 0.2) is 35.7 Å². The second-order valence-electron chi connectivity index (χ2n) is 6.51. The van der Waals surface area contributed by atoms with E-state index < -0.39 is 0 Å². The molecule has 0 spiro atoms. The first-order valence-electron chi connectivity index (χ1n) is 7.53. The highest BCUT2D eigenvalue weighted by molar-refractivity contribution is 7.13. The smallest absolute Gasteiger partial charge is 0.273 e. The molecule has 5 heteroatoms. The van der Waals surface area contributed by atoms with E-state index in [-0.39, 0.29) is 17.4 Å². The average Bonchev–Trinajstić information content (AvgIpc) is 3.00. The zero-order chi connectivity index (χ0) is 15.7. The SMILES string of the molecule is CC1(C)CN(C(=O)c2csc(-c3ccccc3)n2)CCC1N. The average molecular weight is 315 g/mol. The number of hydrogen-bond donors (Lipinski definition) is 1. The Labute approximate surface area is 135 Å². The lowest BCUT2D eigenvalue weighted by atomic mass is 9.79. The van der Waals surface area contributed by atoms with E-state index in [9.17, 15) is 4.79 Å². The van der Waals surface area contributed by atoms with E-state index in [4.69, 9.17) is 5.73 Å². The maximum atomic E-state index is 12.7. The van der Waals surface area contributed by atoms with Gasteiger partial charge in [-0.2, -0.15) is 0 Å². The fourth-order valence-corrected chi connectivity index (χ4v) is 3.59. The van der Waals surface area contributed by atoms with Crippen molar-refractivity contribution in [3.63, 3.8) is 0 Å². The van der Waals surface area contributed by atoms with Crippen LogP contribution in [-0.4, -0.2) is 34.9 Å². The van der Waals surface area contributed by atoms with Crippen molar-refractivity contribution in [3.8, 4) is 10.6 Å². The van der Waals surface area contributed by atoms with E-state index in [0.717, 1.165) is 17.0 Å². The maximum Gasteiger partial charge on any atom is 0.273 e. The summed E-state index contributed by atoms with van der Waals surface area (Å²) in [6, 6.07) is 10.1. The molecule has 1 fully saturated rings. The van der Waals surface area contributed by atoms with Gasteiger partial charge in [-0.3, -0.25) is 4.79 Å². The molecule has 1 unspecified atom stereocenters. The number of nitrogens with two attached hydrogens (primary N) is 1. The molecule has 0 aliphatic carbocycles. The van der Waals surface area contributed by atoms with Gasteiger partial charge in [-0.25, -0.2) is 4.98 Å². The molecule has 2 heterocycles. The predicted molar refractivity (Wildman–Crippen MR) is 89.8 cm³/mol. The fraction of sp³-hybridized carbons (Fsp3) is 0.412. The van der Waals surface area contributed by atoms with Crippen LogP contribution < -0.4 is 5.73 Å². The lowest BCUT2D eigenvalue weighted by molar-refractivity contribution is 0.0528. The fourth-order valence-electron chi connectivity index (χ4n) is 2.79. The van der Waals surface area contributed by atoms with E-state index in [1.54, 1.807) is 0 Å². The molecule has 1 amide bonds. The monoisotopic (exact) mass is 315 g/mol. The van der Waals surface area contributed by atoms with Crippen LogP contribution in [0.2, 0.25) is 0 Å². The highest BCUT2D eigenvalue weighted by Crippen LogP contribution is 2.29. The molecule has 0 radical (unpaired) electrons. The van der Waals surface area contributed by atoms with Crippen LogP contribution in [-0.2, 0) is 0 Å². The minimum atomic E-state index is -0.0494. The second kappa shape index (κ2) is 5.82. The van der Waals surface area contributed by atoms with E-state index in [1.165, 1.54) is 11.3 Å². The highest BCUT2D eigenvalue weighted by atomic mass is 32.1. The minimum Gasteiger partial charge on any atom is -0.337 e. The summed E-state index contributed by atoms with van der Waals surface area (Å²) in [5.41, 5.74) is 7.68. The molecule has 2 N–H and O–H groups in total. The van der Waals surface area contributed by atoms with E-state index in [0.29, 0.717) is 18.8 Å². The van der Waals surface area contributed by atoms with Crippen LogP contribution in [0.3, 0.4) is 0 Å². The summed E-state index contributed by atoms with van der Waals surface area (Å²) >= 11 is 1.51. The van der Waals surface area contributed by atoms with Crippen molar-refractivity contribution in [1.29, 1.82) is 0 Å². The van der Waals surface area contributed by atoms with Crippen molar-refractivity contribution in [2.45, 2.75) is 26.3 Å². The number of carbonyl (C=O) groups excluding carboxylic acids is 1. The third kappa shape index (κ3) is 2.91. The Hall–Kier alpha value is -1.72. The van der Waals surface area contributed by atoms with Crippen LogP contribution >= 0.6 is 11.3 Å². The number of piperidine rings is 1. The number of aromatic nitrogens is 1. The van der Waals surface area contributed by atoms with Gasteiger partial charge in [-0.15, -0.1) is 11.3 Å². The molecule has 3 rings (SSSR count). The highest BCUT2D eigenvalue weighted by Gasteiger charge is 2.36. The van der Waals surface area contributed by atoms with E-state index >= 15 is 0 Å². The maximum absolute atomic E-state index is 12.7. The Morgan fingerprint density at radius 2 is 2.09 bits per heavy atom. The molecular formula is C17H21N3OS. The first kappa shape index (κ1) is 15.2. The Morgan fingerprint density at radius 1 is 1.36 bits per heavy atom. The number of amides is 1. The number of thiazole rings is 1. The van der Waals surface area contributed by atoms with Gasteiger partial charge in [0.15, 0.2) is 0 Å². The van der Waals surface area contributed by atoms with Crippen LogP contribution in [0.4, 0.5) is 0 Å². The van der Waals surface area contributed by atoms with Crippen molar-refractivity contribution in [2.24, 2.45) is 11.1 Å². The minimum absolute atomic E-state index is 0.0124. The predicted octanol–water partition coefficient (Wildman–Crippen LogP) is 3.01. The zero-order valence-electron chi connectivity index (χ0n) is 13.0. The van der Waals surface area contributed by atoms with Crippen molar-refractivity contribution < 1.29 is 4.79 Å². The van der Waals surface area contributed by atoms with Crippen LogP contribution in [0.1, 0.15) is 30.8 Å². The van der Waals surface area contributed by atoms with Gasteiger partial charge >= 0.3 is 0 Å². The Morgan fingerprint density at radius 3 is 2.77 bits per heavy atom. The Kier molecular flexibility index (Phi) is 4.02. The largest absolute Gasteiger partial charge is 0.337 e. The number of benzene rings is 1. The number of rotatable bonds is 2. The molecule has 1 saturated heterocycles. The lowest BCUT2D eigenvalue weighted by Gasteiger charge is -2.42. The van der Waals surface area contributed by atoms with Crippen molar-refractivity contribution in [3.05, 3.63) is 41.4 Å². The van der Waals surface area contributed by atoms with Crippen LogP contribution in [0, 0.1) is 5.41 Å². The second-order valence-corrected chi connectivity index (χ2v) is 7.37. The molecule has 4 nitrogen and oxygen atoms in total. The summed E-state index contributed by atoms with van der Waals surface area (Å²) in [6.07, 6.45) is 0.842. The van der Waals surface area contributed by atoms with Crippen molar-refractivity contribution >= 4 is 17.2 Å². The van der Waals surface area contributed by atoms with Gasteiger partial charge in [-0.05, 0) is 11.8 Å². The summed E-state index contributed by atoms with van der Waals surface area (Å²) in [4.78, 5) is 19.1. The van der Waals surface area contributed by atoms with Gasteiger partial charge in [0.05, 0.1) is 0 Å². The van der Waals surface area contributed by atoms with Crippen LogP contribution in [0.25, 0.3) is 10.6 Å². The topological polar surface area (TPSA) is 59.2 Å². The number of carbonyl (C=O) groups is 1. The zero-order valence-corrected chi connectivity index (χ0v) is 13.8. The number of nitrogens with zero attached hydrogens (tertiary/aromatic N) is 2. The van der Waals surface area contributed by atoms with Gasteiger partial charge in [0, 0.05) is 30.1 Å². The molecule has 1 aromatic heterocycles. The molecule has 0 saturated carbocycles. The molecule has 116 valence electrons. The van der Waals surface area contributed by atoms with Gasteiger partial charge in [-0.1, -0.05) is 44.2 Å². The first-order valence-corrected chi connectivity index (χ1v) is 8.41. The number of likely N-dealkylation sites (tertiary alicyclic amines) is 1. The van der Waals surface area contributed by atoms with E-state index in [1.807, 2.05) is 40.6 Å². The standard InChI is InChI=1S/C17H21N3OS/c1-17(2)11-20(9-8-14(17)18)16(21)13-10-22-15(19-13)12-6-4-3-5-7-12/h3-7,10,14H,8-9,11,18H2,1-2H3. The Bertz CT molecular complexity index is 666. The van der Waals surface area contributed by atoms with Gasteiger partial charge in [0.2, 0.25) is 0 Å². The van der Waals surface area contributed by atoms with Crippen LogP contribution in [0.5, 0.6) is 0 Å². The molecule has 1 aliphatic heterocycles.